The second-order valence-electron chi connectivity index (χ2n) is 7.09. The van der Waals surface area contributed by atoms with Crippen LogP contribution in [0.15, 0.2) is 51.8 Å². The van der Waals surface area contributed by atoms with Crippen molar-refractivity contribution in [3.8, 4) is 0 Å². The van der Waals surface area contributed by atoms with E-state index in [2.05, 4.69) is 71.9 Å². The lowest BCUT2D eigenvalue weighted by molar-refractivity contribution is -0.118. The molecule has 4 nitrogen and oxygen atoms in total. The quantitative estimate of drug-likeness (QED) is 0.269. The third-order valence-corrected chi connectivity index (χ3v) is 7.56. The van der Waals surface area contributed by atoms with Crippen LogP contribution in [-0.2, 0) is 4.79 Å². The van der Waals surface area contributed by atoms with E-state index in [0.717, 1.165) is 45.2 Å². The van der Waals surface area contributed by atoms with Crippen LogP contribution in [-0.4, -0.2) is 47.7 Å². The molecule has 1 aromatic heterocycles. The second-order valence-corrected chi connectivity index (χ2v) is 10.2. The molecular weight excluding hydrogens is 514 g/mol. The number of carbonyl (C=O) groups is 1. The third kappa shape index (κ3) is 7.46. The summed E-state index contributed by atoms with van der Waals surface area (Å²) in [6.45, 7) is 9.87. The van der Waals surface area contributed by atoms with Crippen molar-refractivity contribution in [2.75, 3.05) is 36.8 Å². The van der Waals surface area contributed by atoms with Gasteiger partial charge in [0.2, 0.25) is 5.91 Å². The first-order valence-electron chi connectivity index (χ1n) is 10.3. The Labute approximate surface area is 208 Å². The van der Waals surface area contributed by atoms with Crippen molar-refractivity contribution >= 4 is 72.7 Å². The van der Waals surface area contributed by atoms with E-state index < -0.39 is 0 Å². The van der Waals surface area contributed by atoms with Gasteiger partial charge in [-0.3, -0.25) is 9.69 Å². The van der Waals surface area contributed by atoms with Gasteiger partial charge in [0, 0.05) is 34.6 Å². The predicted molar refractivity (Wildman–Crippen MR) is 141 cm³/mol. The summed E-state index contributed by atoms with van der Waals surface area (Å²) in [5.41, 5.74) is 2.19. The number of halogens is 2. The average molecular weight is 543 g/mol. The number of aryl methyl sites for hydroxylation is 1. The van der Waals surface area contributed by atoms with Crippen molar-refractivity contribution in [3.05, 3.63) is 52.5 Å². The first kappa shape index (κ1) is 26.1. The number of rotatable bonds is 10. The Hall–Kier alpha value is -1.12. The summed E-state index contributed by atoms with van der Waals surface area (Å²) in [6.07, 6.45) is 0.496. The van der Waals surface area contributed by atoms with Gasteiger partial charge in [0.1, 0.15) is 0 Å². The smallest absolute Gasteiger partial charge is 0.229 e. The Morgan fingerprint density at radius 2 is 1.81 bits per heavy atom. The average Bonchev–Trinajstić information content (AvgIpc) is 3.15. The molecule has 0 saturated carbocycles. The lowest BCUT2D eigenvalue weighted by Crippen LogP contribution is -2.39. The number of benzene rings is 2. The highest BCUT2D eigenvalue weighted by molar-refractivity contribution is 9.10. The van der Waals surface area contributed by atoms with Crippen LogP contribution in [0.3, 0.4) is 0 Å². The Morgan fingerprint density at radius 3 is 2.48 bits per heavy atom. The van der Waals surface area contributed by atoms with Crippen LogP contribution in [0.4, 0.5) is 5.13 Å². The van der Waals surface area contributed by atoms with Gasteiger partial charge in [-0.25, -0.2) is 4.98 Å². The van der Waals surface area contributed by atoms with Crippen LogP contribution < -0.4 is 4.90 Å². The molecule has 3 rings (SSSR count). The summed E-state index contributed by atoms with van der Waals surface area (Å²) in [6, 6.07) is 14.5. The number of carbonyl (C=O) groups excluding carboxylic acids is 1. The van der Waals surface area contributed by atoms with Crippen molar-refractivity contribution in [2.45, 2.75) is 32.1 Å². The fraction of sp³-hybridized carbons (Fsp3) is 0.391. The number of aromatic nitrogens is 1. The van der Waals surface area contributed by atoms with Crippen LogP contribution in [0.25, 0.3) is 10.2 Å². The number of thiazole rings is 1. The minimum absolute atomic E-state index is 0. The molecule has 0 aliphatic heterocycles. The normalized spacial score (nSPS) is 11.0. The van der Waals surface area contributed by atoms with Crippen LogP contribution in [0.5, 0.6) is 0 Å². The van der Waals surface area contributed by atoms with Gasteiger partial charge >= 0.3 is 0 Å². The highest BCUT2D eigenvalue weighted by Gasteiger charge is 2.20. The van der Waals surface area contributed by atoms with E-state index in [1.54, 1.807) is 23.1 Å². The standard InChI is InChI=1S/C23H28BrN3OS2.ClH/c1-4-26(5-2)13-14-27(23-25-20-11-8-18(24)16-21(20)30-23)22(28)12-15-29-19-9-6-17(3)7-10-19;/h6-11,16H,4-5,12-15H2,1-3H3;1H. The molecule has 2 aromatic carbocycles. The molecule has 0 spiro atoms. The minimum atomic E-state index is 0. The Kier molecular flexibility index (Phi) is 10.8. The first-order chi connectivity index (χ1) is 14.5. The van der Waals surface area contributed by atoms with Crippen molar-refractivity contribution < 1.29 is 4.79 Å². The molecule has 0 fully saturated rings. The zero-order valence-corrected chi connectivity index (χ0v) is 22.2. The third-order valence-electron chi connectivity index (χ3n) is 5.01. The largest absolute Gasteiger partial charge is 0.302 e. The minimum Gasteiger partial charge on any atom is -0.302 e. The molecule has 0 bridgehead atoms. The van der Waals surface area contributed by atoms with Crippen molar-refractivity contribution in [1.82, 2.24) is 9.88 Å². The maximum absolute atomic E-state index is 13.2. The lowest BCUT2D eigenvalue weighted by Gasteiger charge is -2.24. The van der Waals surface area contributed by atoms with Gasteiger partial charge < -0.3 is 4.90 Å². The van der Waals surface area contributed by atoms with Gasteiger partial charge in [0.15, 0.2) is 5.13 Å². The highest BCUT2D eigenvalue weighted by atomic mass is 79.9. The maximum atomic E-state index is 13.2. The van der Waals surface area contributed by atoms with E-state index in [9.17, 15) is 4.79 Å². The van der Waals surface area contributed by atoms with E-state index in [1.165, 1.54) is 10.5 Å². The molecule has 0 unspecified atom stereocenters. The fourth-order valence-corrected chi connectivity index (χ4v) is 5.54. The van der Waals surface area contributed by atoms with E-state index in [1.807, 2.05) is 17.0 Å². The number of amides is 1. The molecule has 0 aliphatic carbocycles. The Morgan fingerprint density at radius 1 is 1.10 bits per heavy atom. The summed E-state index contributed by atoms with van der Waals surface area (Å²) >= 11 is 6.84. The predicted octanol–water partition coefficient (Wildman–Crippen LogP) is 6.65. The topological polar surface area (TPSA) is 36.4 Å². The summed E-state index contributed by atoms with van der Waals surface area (Å²) in [7, 11) is 0. The van der Waals surface area contributed by atoms with E-state index >= 15 is 0 Å². The summed E-state index contributed by atoms with van der Waals surface area (Å²) in [4.78, 5) is 23.4. The molecule has 31 heavy (non-hydrogen) atoms. The van der Waals surface area contributed by atoms with Crippen molar-refractivity contribution in [3.63, 3.8) is 0 Å². The number of hydrogen-bond donors (Lipinski definition) is 0. The number of likely N-dealkylation sites (N-methyl/N-ethyl adjacent to an activating group) is 1. The second kappa shape index (κ2) is 12.8. The monoisotopic (exact) mass is 541 g/mol. The highest BCUT2D eigenvalue weighted by Crippen LogP contribution is 2.31. The summed E-state index contributed by atoms with van der Waals surface area (Å²) in [5, 5.41) is 0.792. The number of nitrogens with zero attached hydrogens (tertiary/aromatic N) is 3. The van der Waals surface area contributed by atoms with Crippen LogP contribution in [0.2, 0.25) is 0 Å². The summed E-state index contributed by atoms with van der Waals surface area (Å²) < 4.78 is 2.12. The number of anilines is 1. The molecule has 0 atom stereocenters. The molecule has 0 aliphatic rings. The number of thioether (sulfide) groups is 1. The molecule has 0 radical (unpaired) electrons. The summed E-state index contributed by atoms with van der Waals surface area (Å²) in [5.74, 6) is 0.903. The van der Waals surface area contributed by atoms with Gasteiger partial charge in [0.05, 0.1) is 10.2 Å². The zero-order valence-electron chi connectivity index (χ0n) is 18.1. The number of hydrogen-bond acceptors (Lipinski definition) is 5. The van der Waals surface area contributed by atoms with Crippen molar-refractivity contribution in [2.24, 2.45) is 0 Å². The molecule has 1 heterocycles. The lowest BCUT2D eigenvalue weighted by atomic mass is 10.2. The molecule has 3 aromatic rings. The molecule has 1 amide bonds. The van der Waals surface area contributed by atoms with Crippen LogP contribution >= 0.6 is 51.4 Å². The van der Waals surface area contributed by atoms with E-state index in [4.69, 9.17) is 4.98 Å². The first-order valence-corrected chi connectivity index (χ1v) is 12.9. The molecular formula is C23H29BrClN3OS2. The van der Waals surface area contributed by atoms with E-state index in [0.29, 0.717) is 13.0 Å². The van der Waals surface area contributed by atoms with Gasteiger partial charge in [-0.1, -0.05) is 58.8 Å². The maximum Gasteiger partial charge on any atom is 0.229 e. The fourth-order valence-electron chi connectivity index (χ4n) is 3.14. The van der Waals surface area contributed by atoms with E-state index in [-0.39, 0.29) is 18.3 Å². The zero-order chi connectivity index (χ0) is 21.5. The SMILES string of the molecule is CCN(CC)CCN(C(=O)CCSc1ccc(C)cc1)c1nc2ccc(Br)cc2s1.Cl. The van der Waals surface area contributed by atoms with Gasteiger partial charge in [-0.05, 0) is 50.3 Å². The van der Waals surface area contributed by atoms with Crippen molar-refractivity contribution in [1.29, 1.82) is 0 Å². The van der Waals surface area contributed by atoms with Gasteiger partial charge in [0.25, 0.3) is 0 Å². The van der Waals surface area contributed by atoms with Gasteiger partial charge in [-0.2, -0.15) is 0 Å². The Balaban J connectivity index is 0.00000341. The molecule has 0 saturated heterocycles. The Bertz CT molecular complexity index is 977. The molecule has 0 N–H and O–H groups in total. The van der Waals surface area contributed by atoms with Crippen LogP contribution in [0, 0.1) is 6.92 Å². The van der Waals surface area contributed by atoms with Crippen LogP contribution in [0.1, 0.15) is 25.8 Å². The number of fused-ring (bicyclic) bond motifs is 1. The van der Waals surface area contributed by atoms with Gasteiger partial charge in [-0.15, -0.1) is 24.2 Å². The molecule has 8 heteroatoms. The molecule has 168 valence electrons.